The molecular weight excluding hydrogens is 380 g/mol. The van der Waals surface area contributed by atoms with Gasteiger partial charge < -0.3 is 31.9 Å². The molecule has 3 unspecified atom stereocenters. The lowest BCUT2D eigenvalue weighted by Gasteiger charge is -2.30. The summed E-state index contributed by atoms with van der Waals surface area (Å²) >= 11 is 4.21. The molecule has 8 nitrogen and oxygen atoms in total. The van der Waals surface area contributed by atoms with Gasteiger partial charge in [-0.3, -0.25) is 4.79 Å². The van der Waals surface area contributed by atoms with Crippen molar-refractivity contribution in [2.45, 2.75) is 71.1 Å². The van der Waals surface area contributed by atoms with Crippen LogP contribution in [0.3, 0.4) is 0 Å². The van der Waals surface area contributed by atoms with Crippen LogP contribution in [0.25, 0.3) is 0 Å². The van der Waals surface area contributed by atoms with E-state index in [1.165, 1.54) is 0 Å². The summed E-state index contributed by atoms with van der Waals surface area (Å²) in [5.74, 6) is -0.509. The zero-order valence-corrected chi connectivity index (χ0v) is 18.5. The highest BCUT2D eigenvalue weighted by Crippen LogP contribution is 2.12. The van der Waals surface area contributed by atoms with Crippen molar-refractivity contribution >= 4 is 24.5 Å². The standard InChI is InChI=1S/C19H40N4O4S/c1-5-12(3)16(21-9-14(20)11-28)10-22-17(13(4)6-2)18(25)23-15(7-8-24)19(26)27/h12-17,21-22,24,28H,5-11,20H2,1-4H3,(H,23,25)(H,26,27)/t12?,13-,14?,15-,16?,17-/m0/s1. The third-order valence-electron chi connectivity index (χ3n) is 5.29. The molecule has 166 valence electrons. The van der Waals surface area contributed by atoms with Crippen LogP contribution in [0.1, 0.15) is 47.0 Å². The number of aliphatic hydroxyl groups excluding tert-OH is 1. The number of nitrogens with one attached hydrogen (secondary N) is 3. The average molecular weight is 421 g/mol. The van der Waals surface area contributed by atoms with Gasteiger partial charge in [-0.05, 0) is 11.8 Å². The quantitative estimate of drug-likeness (QED) is 0.177. The predicted octanol–water partition coefficient (Wildman–Crippen LogP) is 0.204. The van der Waals surface area contributed by atoms with Crippen molar-refractivity contribution in [1.82, 2.24) is 16.0 Å². The zero-order valence-electron chi connectivity index (χ0n) is 17.6. The topological polar surface area (TPSA) is 137 Å². The lowest BCUT2D eigenvalue weighted by molar-refractivity contribution is -0.142. The first kappa shape index (κ1) is 27.1. The van der Waals surface area contributed by atoms with E-state index in [1.54, 1.807) is 0 Å². The van der Waals surface area contributed by atoms with E-state index in [0.717, 1.165) is 12.8 Å². The van der Waals surface area contributed by atoms with E-state index in [9.17, 15) is 14.7 Å². The first-order chi connectivity index (χ1) is 13.2. The van der Waals surface area contributed by atoms with E-state index in [1.807, 2.05) is 13.8 Å². The number of aliphatic carboxylic acids is 1. The zero-order chi connectivity index (χ0) is 21.7. The normalized spacial score (nSPS) is 18.0. The molecule has 0 radical (unpaired) electrons. The highest BCUT2D eigenvalue weighted by Gasteiger charge is 2.29. The number of hydrogen-bond acceptors (Lipinski definition) is 7. The van der Waals surface area contributed by atoms with Gasteiger partial charge in [-0.25, -0.2) is 4.79 Å². The fraction of sp³-hybridized carbons (Fsp3) is 0.895. The minimum Gasteiger partial charge on any atom is -0.480 e. The Kier molecular flexibility index (Phi) is 14.6. The Morgan fingerprint density at radius 1 is 1.07 bits per heavy atom. The predicted molar refractivity (Wildman–Crippen MR) is 116 cm³/mol. The lowest BCUT2D eigenvalue weighted by atomic mass is 9.95. The summed E-state index contributed by atoms with van der Waals surface area (Å²) in [5.41, 5.74) is 5.95. The van der Waals surface area contributed by atoms with Gasteiger partial charge in [0.15, 0.2) is 0 Å². The molecule has 28 heavy (non-hydrogen) atoms. The molecule has 0 bridgehead atoms. The molecule has 0 saturated heterocycles. The van der Waals surface area contributed by atoms with Crippen molar-refractivity contribution in [1.29, 1.82) is 0 Å². The van der Waals surface area contributed by atoms with Gasteiger partial charge in [0.1, 0.15) is 6.04 Å². The first-order valence-corrected chi connectivity index (χ1v) is 10.8. The van der Waals surface area contributed by atoms with E-state index < -0.39 is 18.1 Å². The molecule has 7 N–H and O–H groups in total. The molecule has 0 heterocycles. The van der Waals surface area contributed by atoms with Crippen LogP contribution in [-0.4, -0.2) is 71.7 Å². The van der Waals surface area contributed by atoms with Crippen LogP contribution in [0.4, 0.5) is 0 Å². The summed E-state index contributed by atoms with van der Waals surface area (Å²) in [5, 5.41) is 27.6. The summed E-state index contributed by atoms with van der Waals surface area (Å²) < 4.78 is 0. The highest BCUT2D eigenvalue weighted by atomic mass is 32.1. The van der Waals surface area contributed by atoms with E-state index in [4.69, 9.17) is 10.8 Å². The van der Waals surface area contributed by atoms with Crippen molar-refractivity contribution in [2.75, 3.05) is 25.4 Å². The number of hydrogen-bond donors (Lipinski definition) is 7. The van der Waals surface area contributed by atoms with Crippen molar-refractivity contribution < 1.29 is 19.8 Å². The third kappa shape index (κ3) is 10.1. The molecule has 6 atom stereocenters. The molecule has 9 heteroatoms. The number of aliphatic hydroxyl groups is 1. The molecule has 0 fully saturated rings. The Hall–Kier alpha value is -0.870. The van der Waals surface area contributed by atoms with Gasteiger partial charge in [-0.15, -0.1) is 0 Å². The van der Waals surface area contributed by atoms with Crippen LogP contribution >= 0.6 is 12.6 Å². The smallest absolute Gasteiger partial charge is 0.326 e. The fourth-order valence-electron chi connectivity index (χ4n) is 2.82. The number of carbonyl (C=O) groups is 2. The SMILES string of the molecule is CCC(C)C(CN[C@H](C(=O)N[C@@H](CCO)C(=O)O)[C@@H](C)CC)NCC(N)CS. The second kappa shape index (κ2) is 15.0. The van der Waals surface area contributed by atoms with Crippen molar-refractivity contribution in [2.24, 2.45) is 17.6 Å². The van der Waals surface area contributed by atoms with E-state index in [2.05, 4.69) is 42.4 Å². The molecule has 0 aromatic heterocycles. The second-order valence-corrected chi connectivity index (χ2v) is 7.89. The number of carboxylic acids is 1. The summed E-state index contributed by atoms with van der Waals surface area (Å²) in [7, 11) is 0. The maximum atomic E-state index is 12.7. The maximum absolute atomic E-state index is 12.7. The van der Waals surface area contributed by atoms with Crippen molar-refractivity contribution in [3.63, 3.8) is 0 Å². The average Bonchev–Trinajstić information content (AvgIpc) is 2.68. The molecule has 0 rings (SSSR count). The Morgan fingerprint density at radius 2 is 1.68 bits per heavy atom. The van der Waals surface area contributed by atoms with Gasteiger partial charge in [0.05, 0.1) is 6.04 Å². The summed E-state index contributed by atoms with van der Waals surface area (Å²) in [6, 6.07) is -1.53. The molecule has 1 amide bonds. The number of carboxylic acid groups (broad SMARTS) is 1. The molecular formula is C19H40N4O4S. The van der Waals surface area contributed by atoms with Gasteiger partial charge in [0, 0.05) is 44.0 Å². The van der Waals surface area contributed by atoms with Crippen molar-refractivity contribution in [3.05, 3.63) is 0 Å². The Balaban J connectivity index is 5.07. The number of carbonyl (C=O) groups excluding carboxylic acids is 1. The third-order valence-corrected chi connectivity index (χ3v) is 5.76. The minimum absolute atomic E-state index is 0.0209. The molecule has 0 aliphatic heterocycles. The Labute approximate surface area is 174 Å². The fourth-order valence-corrected chi connectivity index (χ4v) is 2.95. The van der Waals surface area contributed by atoms with Crippen LogP contribution in [-0.2, 0) is 9.59 Å². The number of rotatable bonds is 16. The highest BCUT2D eigenvalue weighted by molar-refractivity contribution is 7.80. The van der Waals surface area contributed by atoms with Crippen LogP contribution in [0.15, 0.2) is 0 Å². The summed E-state index contributed by atoms with van der Waals surface area (Å²) in [6.07, 6.45) is 1.73. The van der Waals surface area contributed by atoms with Crippen LogP contribution in [0.5, 0.6) is 0 Å². The number of amides is 1. The monoisotopic (exact) mass is 420 g/mol. The summed E-state index contributed by atoms with van der Waals surface area (Å²) in [6.45, 7) is 9.11. The van der Waals surface area contributed by atoms with E-state index >= 15 is 0 Å². The largest absolute Gasteiger partial charge is 0.480 e. The van der Waals surface area contributed by atoms with Crippen LogP contribution in [0.2, 0.25) is 0 Å². The van der Waals surface area contributed by atoms with E-state index in [0.29, 0.717) is 24.8 Å². The van der Waals surface area contributed by atoms with Crippen LogP contribution < -0.4 is 21.7 Å². The minimum atomic E-state index is -1.15. The molecule has 0 aromatic rings. The van der Waals surface area contributed by atoms with E-state index in [-0.39, 0.29) is 36.9 Å². The van der Waals surface area contributed by atoms with Gasteiger partial charge in [0.2, 0.25) is 5.91 Å². The molecule has 0 aliphatic rings. The molecule has 0 aliphatic carbocycles. The first-order valence-electron chi connectivity index (χ1n) is 10.2. The molecule has 0 aromatic carbocycles. The molecule has 0 spiro atoms. The Bertz CT molecular complexity index is 456. The summed E-state index contributed by atoms with van der Waals surface area (Å²) in [4.78, 5) is 24.0. The maximum Gasteiger partial charge on any atom is 0.326 e. The number of nitrogens with two attached hydrogens (primary N) is 1. The van der Waals surface area contributed by atoms with Gasteiger partial charge >= 0.3 is 5.97 Å². The van der Waals surface area contributed by atoms with Crippen molar-refractivity contribution in [3.8, 4) is 0 Å². The lowest BCUT2D eigenvalue weighted by Crippen LogP contribution is -2.56. The number of thiol groups is 1. The second-order valence-electron chi connectivity index (χ2n) is 7.53. The van der Waals surface area contributed by atoms with Gasteiger partial charge in [-0.1, -0.05) is 40.5 Å². The van der Waals surface area contributed by atoms with Crippen LogP contribution in [0, 0.1) is 11.8 Å². The molecule has 0 saturated carbocycles. The van der Waals surface area contributed by atoms with Gasteiger partial charge in [0.25, 0.3) is 0 Å². The Morgan fingerprint density at radius 3 is 2.14 bits per heavy atom. The van der Waals surface area contributed by atoms with Gasteiger partial charge in [-0.2, -0.15) is 12.6 Å².